The Bertz CT molecular complexity index is 926. The molecule has 7 nitrogen and oxygen atoms in total. The van der Waals surface area contributed by atoms with Crippen molar-refractivity contribution in [3.8, 4) is 11.5 Å². The first-order chi connectivity index (χ1) is 12.5. The highest BCUT2D eigenvalue weighted by Crippen LogP contribution is 2.26. The summed E-state index contributed by atoms with van der Waals surface area (Å²) in [6, 6.07) is 7.99. The van der Waals surface area contributed by atoms with Gasteiger partial charge in [0, 0.05) is 5.69 Å². The van der Waals surface area contributed by atoms with Crippen LogP contribution in [-0.4, -0.2) is 32.5 Å². The van der Waals surface area contributed by atoms with Gasteiger partial charge in [0.15, 0.2) is 6.61 Å². The maximum Gasteiger partial charge on any atom is 0.573 e. The van der Waals surface area contributed by atoms with Gasteiger partial charge in [-0.25, -0.2) is 13.2 Å². The summed E-state index contributed by atoms with van der Waals surface area (Å²) >= 11 is 0. The minimum Gasteiger partial charge on any atom is -0.482 e. The van der Waals surface area contributed by atoms with Crippen molar-refractivity contribution in [2.24, 2.45) is 0 Å². The molecule has 2 aromatic carbocycles. The van der Waals surface area contributed by atoms with Crippen LogP contribution in [-0.2, 0) is 14.8 Å². The molecule has 0 saturated heterocycles. The van der Waals surface area contributed by atoms with Gasteiger partial charge in [-0.15, -0.1) is 13.2 Å². The van der Waals surface area contributed by atoms with Crippen molar-refractivity contribution < 1.29 is 41.0 Å². The lowest BCUT2D eigenvalue weighted by atomic mass is 10.2. The Morgan fingerprint density at radius 3 is 2.30 bits per heavy atom. The molecule has 0 unspecified atom stereocenters. The van der Waals surface area contributed by atoms with Crippen LogP contribution >= 0.6 is 0 Å². The van der Waals surface area contributed by atoms with Crippen molar-refractivity contribution in [2.45, 2.75) is 18.2 Å². The Morgan fingerprint density at radius 2 is 1.78 bits per heavy atom. The van der Waals surface area contributed by atoms with Crippen LogP contribution in [0.1, 0.15) is 5.56 Å². The van der Waals surface area contributed by atoms with Crippen LogP contribution < -0.4 is 14.2 Å². The van der Waals surface area contributed by atoms with Crippen LogP contribution in [0.2, 0.25) is 0 Å². The fourth-order valence-electron chi connectivity index (χ4n) is 2.03. The van der Waals surface area contributed by atoms with Crippen molar-refractivity contribution in [2.75, 3.05) is 11.3 Å². The topological polar surface area (TPSA) is 102 Å². The van der Waals surface area contributed by atoms with Crippen molar-refractivity contribution in [3.05, 3.63) is 48.0 Å². The van der Waals surface area contributed by atoms with E-state index in [9.17, 15) is 26.4 Å². The van der Waals surface area contributed by atoms with Gasteiger partial charge in [-0.05, 0) is 55.0 Å². The van der Waals surface area contributed by atoms with Crippen LogP contribution in [0.4, 0.5) is 18.9 Å². The van der Waals surface area contributed by atoms with Crippen molar-refractivity contribution >= 4 is 21.7 Å². The van der Waals surface area contributed by atoms with E-state index in [1.54, 1.807) is 6.92 Å². The minimum atomic E-state index is -4.84. The lowest BCUT2D eigenvalue weighted by Crippen LogP contribution is -2.17. The smallest absolute Gasteiger partial charge is 0.482 e. The largest absolute Gasteiger partial charge is 0.573 e. The molecule has 0 radical (unpaired) electrons. The summed E-state index contributed by atoms with van der Waals surface area (Å²) in [5.41, 5.74) is 0.432. The monoisotopic (exact) mass is 405 g/mol. The number of halogens is 3. The Hall–Kier alpha value is -2.95. The number of alkyl halides is 3. The highest BCUT2D eigenvalue weighted by Gasteiger charge is 2.31. The molecule has 0 heterocycles. The van der Waals surface area contributed by atoms with Crippen LogP contribution in [0.5, 0.6) is 11.5 Å². The molecule has 2 rings (SSSR count). The number of nitrogens with one attached hydrogen (secondary N) is 1. The first kappa shape index (κ1) is 20.4. The third-order valence-electron chi connectivity index (χ3n) is 3.15. The van der Waals surface area contributed by atoms with Crippen LogP contribution in [0.3, 0.4) is 0 Å². The number of aliphatic carboxylic acids is 1. The molecule has 146 valence electrons. The number of hydrogen-bond donors (Lipinski definition) is 2. The van der Waals surface area contributed by atoms with E-state index >= 15 is 0 Å². The molecule has 0 aromatic heterocycles. The van der Waals surface area contributed by atoms with E-state index < -0.39 is 34.7 Å². The number of benzene rings is 2. The van der Waals surface area contributed by atoms with Gasteiger partial charge in [-0.1, -0.05) is 0 Å². The number of sulfonamides is 1. The molecule has 2 aromatic rings. The van der Waals surface area contributed by atoms with Gasteiger partial charge in [0.25, 0.3) is 10.0 Å². The van der Waals surface area contributed by atoms with Gasteiger partial charge in [0.05, 0.1) is 4.90 Å². The SMILES string of the molecule is Cc1cc(S(=O)(=O)Nc2ccc(OC(F)(F)F)cc2)ccc1OCC(=O)O. The number of anilines is 1. The molecule has 0 bridgehead atoms. The van der Waals surface area contributed by atoms with Crippen molar-refractivity contribution in [3.63, 3.8) is 0 Å². The number of hydrogen-bond acceptors (Lipinski definition) is 5. The molecule has 0 fully saturated rings. The Morgan fingerprint density at radius 1 is 1.15 bits per heavy atom. The number of aryl methyl sites for hydroxylation is 1. The van der Waals surface area contributed by atoms with E-state index in [0.717, 1.165) is 24.3 Å². The molecular formula is C16H14F3NO6S. The number of rotatable bonds is 7. The average Bonchev–Trinajstić information content (AvgIpc) is 2.53. The molecule has 0 amide bonds. The summed E-state index contributed by atoms with van der Waals surface area (Å²) in [5, 5.41) is 8.59. The third-order valence-corrected chi connectivity index (χ3v) is 4.53. The zero-order chi connectivity index (χ0) is 20.2. The van der Waals surface area contributed by atoms with Gasteiger partial charge >= 0.3 is 12.3 Å². The molecule has 27 heavy (non-hydrogen) atoms. The second-order valence-electron chi connectivity index (χ2n) is 5.29. The first-order valence-corrected chi connectivity index (χ1v) is 8.78. The van der Waals surface area contributed by atoms with Gasteiger partial charge in [0.2, 0.25) is 0 Å². The second kappa shape index (κ2) is 7.74. The fraction of sp³-hybridized carbons (Fsp3) is 0.188. The number of ether oxygens (including phenoxy) is 2. The summed E-state index contributed by atoms with van der Waals surface area (Å²) in [7, 11) is -4.02. The lowest BCUT2D eigenvalue weighted by molar-refractivity contribution is -0.274. The zero-order valence-electron chi connectivity index (χ0n) is 13.8. The maximum absolute atomic E-state index is 12.4. The first-order valence-electron chi connectivity index (χ1n) is 7.30. The standard InChI is InChI=1S/C16H14F3NO6S/c1-10-8-13(6-7-14(10)25-9-15(21)22)27(23,24)20-11-2-4-12(5-3-11)26-16(17,18)19/h2-8,20H,9H2,1H3,(H,21,22). The van der Waals surface area contributed by atoms with E-state index in [1.165, 1.54) is 18.2 Å². The highest BCUT2D eigenvalue weighted by molar-refractivity contribution is 7.92. The van der Waals surface area contributed by atoms with Crippen LogP contribution in [0.25, 0.3) is 0 Å². The summed E-state index contributed by atoms with van der Waals surface area (Å²) < 4.78 is 72.1. The number of carboxylic acid groups (broad SMARTS) is 1. The normalized spacial score (nSPS) is 11.7. The quantitative estimate of drug-likeness (QED) is 0.734. The molecule has 0 aliphatic heterocycles. The van der Waals surface area contributed by atoms with Gasteiger partial charge < -0.3 is 14.6 Å². The molecular weight excluding hydrogens is 391 g/mol. The predicted octanol–water partition coefficient (Wildman–Crippen LogP) is 3.16. The molecule has 0 aliphatic carbocycles. The minimum absolute atomic E-state index is 0.0355. The maximum atomic E-state index is 12.4. The van der Waals surface area contributed by atoms with Crippen LogP contribution in [0.15, 0.2) is 47.4 Å². The van der Waals surface area contributed by atoms with E-state index in [2.05, 4.69) is 9.46 Å². The Kier molecular flexibility index (Phi) is 5.84. The van der Waals surface area contributed by atoms with Crippen molar-refractivity contribution in [1.29, 1.82) is 0 Å². The van der Waals surface area contributed by atoms with E-state index in [-0.39, 0.29) is 16.3 Å². The fourth-order valence-corrected chi connectivity index (χ4v) is 3.17. The van der Waals surface area contributed by atoms with E-state index in [1.807, 2.05) is 0 Å². The van der Waals surface area contributed by atoms with Gasteiger partial charge in [0.1, 0.15) is 11.5 Å². The molecule has 0 saturated carbocycles. The average molecular weight is 405 g/mol. The third kappa shape index (κ3) is 6.06. The highest BCUT2D eigenvalue weighted by atomic mass is 32.2. The zero-order valence-corrected chi connectivity index (χ0v) is 14.6. The van der Waals surface area contributed by atoms with E-state index in [0.29, 0.717) is 5.56 Å². The van der Waals surface area contributed by atoms with E-state index in [4.69, 9.17) is 9.84 Å². The summed E-state index contributed by atoms with van der Waals surface area (Å²) in [6.45, 7) is 0.969. The summed E-state index contributed by atoms with van der Waals surface area (Å²) in [5.74, 6) is -1.45. The lowest BCUT2D eigenvalue weighted by Gasteiger charge is -2.12. The summed E-state index contributed by atoms with van der Waals surface area (Å²) in [4.78, 5) is 10.4. The molecule has 0 aliphatic rings. The Labute approximate surface area is 152 Å². The summed E-state index contributed by atoms with van der Waals surface area (Å²) in [6.07, 6.45) is -4.84. The predicted molar refractivity (Wildman–Crippen MR) is 88.2 cm³/mol. The van der Waals surface area contributed by atoms with Gasteiger partial charge in [-0.3, -0.25) is 4.72 Å². The number of carboxylic acids is 1. The molecule has 0 spiro atoms. The number of carbonyl (C=O) groups is 1. The molecule has 2 N–H and O–H groups in total. The van der Waals surface area contributed by atoms with Crippen LogP contribution in [0, 0.1) is 6.92 Å². The van der Waals surface area contributed by atoms with Crippen molar-refractivity contribution in [1.82, 2.24) is 0 Å². The second-order valence-corrected chi connectivity index (χ2v) is 6.97. The molecule has 0 atom stereocenters. The Balaban J connectivity index is 2.14. The van der Waals surface area contributed by atoms with Gasteiger partial charge in [-0.2, -0.15) is 0 Å². The molecule has 11 heteroatoms.